The summed E-state index contributed by atoms with van der Waals surface area (Å²) in [6, 6.07) is 5.04. The normalized spacial score (nSPS) is 23.8. The summed E-state index contributed by atoms with van der Waals surface area (Å²) < 4.78 is 31.1. The maximum atomic E-state index is 13.0. The van der Waals surface area contributed by atoms with Gasteiger partial charge in [0.15, 0.2) is 23.4 Å². The van der Waals surface area contributed by atoms with Crippen LogP contribution < -0.4 is 10.2 Å². The minimum atomic E-state index is -5.37. The monoisotopic (exact) mass is 644 g/mol. The number of benzene rings is 2. The van der Waals surface area contributed by atoms with Crippen LogP contribution in [0.2, 0.25) is 0 Å². The summed E-state index contributed by atoms with van der Waals surface area (Å²) in [5.41, 5.74) is -1.54. The van der Waals surface area contributed by atoms with Gasteiger partial charge in [-0.1, -0.05) is 0 Å². The van der Waals surface area contributed by atoms with Gasteiger partial charge in [0.2, 0.25) is 11.2 Å². The summed E-state index contributed by atoms with van der Waals surface area (Å²) in [5.74, 6) is -6.22. The lowest BCUT2D eigenvalue weighted by Gasteiger charge is -2.42. The Balaban J connectivity index is 1.51. The number of ether oxygens (including phenoxy) is 2. The van der Waals surface area contributed by atoms with Gasteiger partial charge in [-0.15, -0.1) is 0 Å². The fourth-order valence-corrected chi connectivity index (χ4v) is 4.95. The number of rotatable bonds is 8. The third kappa shape index (κ3) is 6.77. The van der Waals surface area contributed by atoms with Crippen molar-refractivity contribution in [3.63, 3.8) is 0 Å². The molecule has 0 saturated heterocycles. The average molecular weight is 644 g/mol. The molecule has 1 aliphatic carbocycles. The predicted octanol–water partition coefficient (Wildman–Crippen LogP) is -1.19. The van der Waals surface area contributed by atoms with Crippen molar-refractivity contribution in [2.75, 3.05) is 0 Å². The number of hydrogen-bond acceptors (Lipinski definition) is 16. The van der Waals surface area contributed by atoms with Crippen LogP contribution in [-0.2, 0) is 23.4 Å². The zero-order valence-electron chi connectivity index (χ0n) is 22.0. The van der Waals surface area contributed by atoms with Crippen LogP contribution in [0.15, 0.2) is 39.5 Å². The molecule has 1 aromatic heterocycles. The standard InChI is InChI=1S/C25H25O18P/c26-9-6-12(16-13(7-9)41-23(20(34)17(16)31)8-1-2-10(27)11(28)5-8)40-14(29)3-4-15(30)42-24-21(35)18(32)19(33)22(36)25(24)43-44(37,38)39/h1-2,5-7,18-19,21-22,24-28,32-36H,3-4H2,(H2,37,38,39)/t18-,19-,21+,22+,24-,25+/m1/s1. The van der Waals surface area contributed by atoms with Crippen LogP contribution in [0.1, 0.15) is 12.8 Å². The van der Waals surface area contributed by atoms with Crippen LogP contribution in [0.25, 0.3) is 22.3 Å². The Kier molecular flexibility index (Phi) is 9.19. The third-order valence-corrected chi connectivity index (χ3v) is 7.01. The molecule has 2 aromatic carbocycles. The molecule has 0 spiro atoms. The first kappa shape index (κ1) is 32.6. The minimum Gasteiger partial charge on any atom is -0.508 e. The zero-order valence-corrected chi connectivity index (χ0v) is 22.8. The Labute approximate surface area is 244 Å². The van der Waals surface area contributed by atoms with Crippen LogP contribution in [0.4, 0.5) is 0 Å². The average Bonchev–Trinajstić information content (AvgIpc) is 2.94. The van der Waals surface area contributed by atoms with Gasteiger partial charge in [-0.3, -0.25) is 18.9 Å². The molecular formula is C25H25O18P. The number of esters is 2. The summed E-state index contributed by atoms with van der Waals surface area (Å²) in [7, 11) is -5.37. The van der Waals surface area contributed by atoms with Crippen molar-refractivity contribution in [3.05, 3.63) is 40.6 Å². The van der Waals surface area contributed by atoms with Gasteiger partial charge in [0, 0.05) is 17.7 Å². The van der Waals surface area contributed by atoms with E-state index in [0.29, 0.717) is 0 Å². The van der Waals surface area contributed by atoms with Crippen LogP contribution in [0.3, 0.4) is 0 Å². The summed E-state index contributed by atoms with van der Waals surface area (Å²) in [6.07, 6.45) is -14.6. The molecule has 0 aliphatic heterocycles. The van der Waals surface area contributed by atoms with Gasteiger partial charge in [-0.25, -0.2) is 4.57 Å². The number of aromatic hydroxyl groups is 4. The molecule has 3 aromatic rings. The van der Waals surface area contributed by atoms with Gasteiger partial charge < -0.3 is 64.5 Å². The second-order valence-electron chi connectivity index (χ2n) is 9.58. The van der Waals surface area contributed by atoms with E-state index in [-0.39, 0.29) is 11.1 Å². The second kappa shape index (κ2) is 12.4. The summed E-state index contributed by atoms with van der Waals surface area (Å²) in [5, 5.41) is 79.3. The van der Waals surface area contributed by atoms with Crippen molar-refractivity contribution in [1.82, 2.24) is 0 Å². The number of phenolic OH excluding ortho intramolecular Hbond substituents is 3. The van der Waals surface area contributed by atoms with Crippen LogP contribution >= 0.6 is 7.82 Å². The molecule has 0 radical (unpaired) electrons. The molecule has 19 heteroatoms. The number of phenols is 3. The quantitative estimate of drug-likeness (QED) is 0.0596. The molecule has 0 bridgehead atoms. The van der Waals surface area contributed by atoms with Crippen LogP contribution in [0, 0.1) is 0 Å². The van der Waals surface area contributed by atoms with Crippen molar-refractivity contribution in [1.29, 1.82) is 0 Å². The Morgan fingerprint density at radius 2 is 1.43 bits per heavy atom. The number of carbonyl (C=O) groups excluding carboxylic acids is 2. The highest BCUT2D eigenvalue weighted by atomic mass is 31.2. The van der Waals surface area contributed by atoms with Gasteiger partial charge >= 0.3 is 19.8 Å². The highest BCUT2D eigenvalue weighted by Crippen LogP contribution is 2.42. The number of aliphatic hydroxyl groups excluding tert-OH is 4. The van der Waals surface area contributed by atoms with E-state index in [2.05, 4.69) is 4.52 Å². The van der Waals surface area contributed by atoms with Gasteiger partial charge in [-0.05, 0) is 18.2 Å². The van der Waals surface area contributed by atoms with Crippen molar-refractivity contribution in [3.8, 4) is 40.1 Å². The predicted molar refractivity (Wildman–Crippen MR) is 140 cm³/mol. The molecule has 238 valence electrons. The fourth-order valence-electron chi connectivity index (χ4n) is 4.39. The van der Waals surface area contributed by atoms with Crippen molar-refractivity contribution < 1.29 is 83.2 Å². The van der Waals surface area contributed by atoms with Crippen molar-refractivity contribution in [2.24, 2.45) is 0 Å². The van der Waals surface area contributed by atoms with E-state index in [1.165, 1.54) is 6.07 Å². The molecule has 4 rings (SSSR count). The van der Waals surface area contributed by atoms with E-state index in [4.69, 9.17) is 23.7 Å². The minimum absolute atomic E-state index is 0.0386. The first-order valence-electron chi connectivity index (χ1n) is 12.4. The zero-order chi connectivity index (χ0) is 32.7. The molecule has 1 heterocycles. The Hall–Kier alpha value is -4.26. The largest absolute Gasteiger partial charge is 0.508 e. The maximum Gasteiger partial charge on any atom is 0.470 e. The number of carbonyl (C=O) groups is 2. The van der Waals surface area contributed by atoms with E-state index >= 15 is 0 Å². The van der Waals surface area contributed by atoms with Gasteiger partial charge in [0.1, 0.15) is 53.0 Å². The number of phosphoric acid groups is 1. The maximum absolute atomic E-state index is 13.0. The fraction of sp³-hybridized carbons (Fsp3) is 0.320. The summed E-state index contributed by atoms with van der Waals surface area (Å²) in [6.45, 7) is 0. The van der Waals surface area contributed by atoms with Gasteiger partial charge in [0.05, 0.1) is 12.8 Å². The second-order valence-corrected chi connectivity index (χ2v) is 10.8. The van der Waals surface area contributed by atoms with Crippen molar-refractivity contribution >= 4 is 30.7 Å². The SMILES string of the molecule is O=C(CCC(=O)O[C@@H]1[C@@H](O)[C@H](O)[C@@H](O)[C@H](O)[C@@H]1OP(=O)(O)O)Oc1cc(O)cc2oc(-c3ccc(O)c(O)c3)c(O)c(=O)c12. The lowest BCUT2D eigenvalue weighted by atomic mass is 9.85. The highest BCUT2D eigenvalue weighted by molar-refractivity contribution is 7.46. The van der Waals surface area contributed by atoms with E-state index in [9.17, 15) is 59.8 Å². The smallest absolute Gasteiger partial charge is 0.470 e. The van der Waals surface area contributed by atoms with E-state index in [0.717, 1.165) is 24.3 Å². The molecule has 44 heavy (non-hydrogen) atoms. The van der Waals surface area contributed by atoms with Crippen molar-refractivity contribution in [2.45, 2.75) is 49.5 Å². The summed E-state index contributed by atoms with van der Waals surface area (Å²) >= 11 is 0. The Bertz CT molecular complexity index is 1690. The number of phosphoric ester groups is 1. The van der Waals surface area contributed by atoms with Crippen LogP contribution in [-0.4, -0.2) is 99.2 Å². The number of fused-ring (bicyclic) bond motifs is 1. The highest BCUT2D eigenvalue weighted by Gasteiger charge is 2.53. The molecule has 10 N–H and O–H groups in total. The molecule has 1 saturated carbocycles. The summed E-state index contributed by atoms with van der Waals surface area (Å²) in [4.78, 5) is 56.1. The lowest BCUT2D eigenvalue weighted by Crippen LogP contribution is -2.65. The van der Waals surface area contributed by atoms with E-state index < -0.39 is 115 Å². The molecular weight excluding hydrogens is 619 g/mol. The number of aliphatic hydroxyl groups is 4. The van der Waals surface area contributed by atoms with Gasteiger partial charge in [-0.2, -0.15) is 0 Å². The molecule has 0 unspecified atom stereocenters. The molecule has 1 fully saturated rings. The molecule has 18 nitrogen and oxygen atoms in total. The van der Waals surface area contributed by atoms with E-state index in [1.54, 1.807) is 0 Å². The Morgan fingerprint density at radius 3 is 2.05 bits per heavy atom. The topological polar surface area (TPSA) is 311 Å². The number of hydrogen-bond donors (Lipinski definition) is 10. The van der Waals surface area contributed by atoms with E-state index in [1.807, 2.05) is 0 Å². The Morgan fingerprint density at radius 1 is 0.818 bits per heavy atom. The molecule has 1 aliphatic rings. The third-order valence-electron chi connectivity index (χ3n) is 6.49. The van der Waals surface area contributed by atoms with Crippen LogP contribution in [0.5, 0.6) is 28.7 Å². The first-order chi connectivity index (χ1) is 20.5. The van der Waals surface area contributed by atoms with Gasteiger partial charge in [0.25, 0.3) is 0 Å². The molecule has 0 amide bonds. The first-order valence-corrected chi connectivity index (χ1v) is 13.9. The lowest BCUT2D eigenvalue weighted by molar-refractivity contribution is -0.230. The molecule has 6 atom stereocenters.